The van der Waals surface area contributed by atoms with Gasteiger partial charge < -0.3 is 15.0 Å². The van der Waals surface area contributed by atoms with E-state index in [-0.39, 0.29) is 0 Å². The molecule has 1 fully saturated rings. The van der Waals surface area contributed by atoms with Crippen LogP contribution >= 0.6 is 11.6 Å². The van der Waals surface area contributed by atoms with Crippen molar-refractivity contribution in [3.8, 4) is 5.75 Å². The van der Waals surface area contributed by atoms with E-state index in [1.54, 1.807) is 7.11 Å². The van der Waals surface area contributed by atoms with Crippen LogP contribution in [0.5, 0.6) is 5.75 Å². The van der Waals surface area contributed by atoms with E-state index < -0.39 is 0 Å². The molecule has 2 unspecified atom stereocenters. The number of ether oxygens (including phenoxy) is 1. The Balaban J connectivity index is 2.30. The molecule has 94 valence electrons. The zero-order chi connectivity index (χ0) is 12.4. The molecule has 1 saturated heterocycles. The van der Waals surface area contributed by atoms with E-state index >= 15 is 0 Å². The van der Waals surface area contributed by atoms with E-state index in [1.165, 1.54) is 0 Å². The first-order chi connectivity index (χ1) is 8.11. The highest BCUT2D eigenvalue weighted by molar-refractivity contribution is 6.33. The van der Waals surface area contributed by atoms with E-state index in [9.17, 15) is 0 Å². The number of rotatable bonds is 2. The van der Waals surface area contributed by atoms with Gasteiger partial charge in [-0.2, -0.15) is 0 Å². The number of nitrogens with one attached hydrogen (secondary N) is 1. The summed E-state index contributed by atoms with van der Waals surface area (Å²) in [4.78, 5) is 2.34. The van der Waals surface area contributed by atoms with Crippen molar-refractivity contribution in [2.75, 3.05) is 25.1 Å². The fraction of sp³-hybridized carbons (Fsp3) is 0.538. The van der Waals surface area contributed by atoms with Gasteiger partial charge in [-0.1, -0.05) is 11.6 Å². The zero-order valence-corrected chi connectivity index (χ0v) is 11.3. The number of nitrogens with zero attached hydrogens (tertiary/aromatic N) is 1. The summed E-state index contributed by atoms with van der Waals surface area (Å²) in [6, 6.07) is 6.72. The van der Waals surface area contributed by atoms with Gasteiger partial charge in [-0.05, 0) is 26.0 Å². The molecule has 1 aliphatic rings. The molecule has 0 aliphatic carbocycles. The van der Waals surface area contributed by atoms with Gasteiger partial charge in [0.1, 0.15) is 5.75 Å². The molecule has 0 aromatic heterocycles. The van der Waals surface area contributed by atoms with Crippen molar-refractivity contribution >= 4 is 17.3 Å². The molecule has 0 spiro atoms. The summed E-state index contributed by atoms with van der Waals surface area (Å²) in [5, 5.41) is 4.25. The standard InChI is InChI=1S/C13H19ClN2O/c1-9-8-16(10(2)7-15-9)13-6-11(17-3)4-5-12(13)14/h4-6,9-10,15H,7-8H2,1-3H3. The Morgan fingerprint density at radius 2 is 2.18 bits per heavy atom. The number of piperazine rings is 1. The van der Waals surface area contributed by atoms with Crippen molar-refractivity contribution in [2.45, 2.75) is 25.9 Å². The van der Waals surface area contributed by atoms with Gasteiger partial charge in [-0.3, -0.25) is 0 Å². The van der Waals surface area contributed by atoms with E-state index in [1.807, 2.05) is 18.2 Å². The van der Waals surface area contributed by atoms with Gasteiger partial charge in [-0.25, -0.2) is 0 Å². The van der Waals surface area contributed by atoms with Crippen LogP contribution in [0.1, 0.15) is 13.8 Å². The maximum Gasteiger partial charge on any atom is 0.121 e. The van der Waals surface area contributed by atoms with Crippen LogP contribution < -0.4 is 15.0 Å². The molecule has 4 heteroatoms. The normalized spacial score (nSPS) is 24.8. The van der Waals surface area contributed by atoms with Crippen molar-refractivity contribution in [3.63, 3.8) is 0 Å². The van der Waals surface area contributed by atoms with Crippen LogP contribution in [0.3, 0.4) is 0 Å². The Hall–Kier alpha value is -0.930. The minimum atomic E-state index is 0.441. The smallest absolute Gasteiger partial charge is 0.121 e. The SMILES string of the molecule is COc1ccc(Cl)c(N2CC(C)NCC2C)c1. The molecule has 0 amide bonds. The first-order valence-electron chi connectivity index (χ1n) is 5.95. The highest BCUT2D eigenvalue weighted by Crippen LogP contribution is 2.32. The Bertz CT molecular complexity index is 397. The van der Waals surface area contributed by atoms with Crippen LogP contribution in [0.15, 0.2) is 18.2 Å². The molecule has 0 radical (unpaired) electrons. The van der Waals surface area contributed by atoms with Gasteiger partial charge in [0.25, 0.3) is 0 Å². The second-order valence-electron chi connectivity index (χ2n) is 4.63. The molecule has 1 aromatic rings. The Labute approximate surface area is 108 Å². The summed E-state index contributed by atoms with van der Waals surface area (Å²) < 4.78 is 5.26. The maximum atomic E-state index is 6.28. The predicted octanol–water partition coefficient (Wildman–Crippen LogP) is 2.54. The quantitative estimate of drug-likeness (QED) is 0.878. The first-order valence-corrected chi connectivity index (χ1v) is 6.33. The largest absolute Gasteiger partial charge is 0.497 e. The lowest BCUT2D eigenvalue weighted by molar-refractivity contribution is 0.410. The Morgan fingerprint density at radius 1 is 1.41 bits per heavy atom. The minimum absolute atomic E-state index is 0.441. The molecule has 17 heavy (non-hydrogen) atoms. The van der Waals surface area contributed by atoms with Crippen molar-refractivity contribution in [1.82, 2.24) is 5.32 Å². The molecular weight excluding hydrogens is 236 g/mol. The monoisotopic (exact) mass is 254 g/mol. The number of halogens is 1. The summed E-state index contributed by atoms with van der Waals surface area (Å²) in [7, 11) is 1.68. The summed E-state index contributed by atoms with van der Waals surface area (Å²) in [6.07, 6.45) is 0. The number of benzene rings is 1. The molecule has 1 N–H and O–H groups in total. The van der Waals surface area contributed by atoms with Crippen LogP contribution in [0.2, 0.25) is 5.02 Å². The number of anilines is 1. The van der Waals surface area contributed by atoms with Crippen LogP contribution in [0.25, 0.3) is 0 Å². The summed E-state index contributed by atoms with van der Waals surface area (Å²) in [5.41, 5.74) is 1.06. The van der Waals surface area contributed by atoms with Crippen LogP contribution in [0.4, 0.5) is 5.69 Å². The lowest BCUT2D eigenvalue weighted by atomic mass is 10.1. The van der Waals surface area contributed by atoms with Gasteiger partial charge in [0.2, 0.25) is 0 Å². The molecule has 3 nitrogen and oxygen atoms in total. The van der Waals surface area contributed by atoms with Crippen molar-refractivity contribution in [2.24, 2.45) is 0 Å². The maximum absolute atomic E-state index is 6.28. The third-order valence-electron chi connectivity index (χ3n) is 3.23. The second kappa shape index (κ2) is 5.15. The lowest BCUT2D eigenvalue weighted by Gasteiger charge is -2.39. The minimum Gasteiger partial charge on any atom is -0.497 e. The molecule has 1 heterocycles. The van der Waals surface area contributed by atoms with Gasteiger partial charge in [-0.15, -0.1) is 0 Å². The Morgan fingerprint density at radius 3 is 2.88 bits per heavy atom. The highest BCUT2D eigenvalue weighted by atomic mass is 35.5. The van der Waals surface area contributed by atoms with Gasteiger partial charge >= 0.3 is 0 Å². The van der Waals surface area contributed by atoms with Gasteiger partial charge in [0.05, 0.1) is 17.8 Å². The summed E-state index contributed by atoms with van der Waals surface area (Å²) in [5.74, 6) is 0.850. The predicted molar refractivity (Wildman–Crippen MR) is 72.3 cm³/mol. The van der Waals surface area contributed by atoms with Crippen molar-refractivity contribution in [1.29, 1.82) is 0 Å². The molecule has 1 aliphatic heterocycles. The molecule has 0 saturated carbocycles. The highest BCUT2D eigenvalue weighted by Gasteiger charge is 2.24. The zero-order valence-electron chi connectivity index (χ0n) is 10.5. The van der Waals surface area contributed by atoms with Gasteiger partial charge in [0.15, 0.2) is 0 Å². The summed E-state index contributed by atoms with van der Waals surface area (Å²) in [6.45, 7) is 6.34. The average molecular weight is 255 g/mol. The molecule has 2 rings (SSSR count). The summed E-state index contributed by atoms with van der Waals surface area (Å²) >= 11 is 6.28. The second-order valence-corrected chi connectivity index (χ2v) is 5.04. The number of hydrogen-bond donors (Lipinski definition) is 1. The number of methoxy groups -OCH3 is 1. The van der Waals surface area contributed by atoms with Crippen LogP contribution in [-0.2, 0) is 0 Å². The fourth-order valence-electron chi connectivity index (χ4n) is 2.20. The average Bonchev–Trinajstić information content (AvgIpc) is 2.33. The molecule has 0 bridgehead atoms. The van der Waals surface area contributed by atoms with Gasteiger partial charge in [0, 0.05) is 31.2 Å². The third-order valence-corrected chi connectivity index (χ3v) is 3.55. The van der Waals surface area contributed by atoms with E-state index in [4.69, 9.17) is 16.3 Å². The van der Waals surface area contributed by atoms with Crippen molar-refractivity contribution in [3.05, 3.63) is 23.2 Å². The van der Waals surface area contributed by atoms with E-state index in [0.29, 0.717) is 12.1 Å². The fourth-order valence-corrected chi connectivity index (χ4v) is 2.42. The Kier molecular flexibility index (Phi) is 3.79. The lowest BCUT2D eigenvalue weighted by Crippen LogP contribution is -2.54. The van der Waals surface area contributed by atoms with E-state index in [2.05, 4.69) is 24.1 Å². The topological polar surface area (TPSA) is 24.5 Å². The first kappa shape index (κ1) is 12.5. The third kappa shape index (κ3) is 2.67. The van der Waals surface area contributed by atoms with Crippen LogP contribution in [0, 0.1) is 0 Å². The molecule has 2 atom stereocenters. The number of hydrogen-bond acceptors (Lipinski definition) is 3. The van der Waals surface area contributed by atoms with Crippen molar-refractivity contribution < 1.29 is 4.74 Å². The van der Waals surface area contributed by atoms with Crippen LogP contribution in [-0.4, -0.2) is 32.3 Å². The molecular formula is C13H19ClN2O. The van der Waals surface area contributed by atoms with E-state index in [0.717, 1.165) is 29.5 Å². The molecule has 1 aromatic carbocycles.